The van der Waals surface area contributed by atoms with Gasteiger partial charge in [-0.15, -0.1) is 0 Å². The second kappa shape index (κ2) is 4.18. The van der Waals surface area contributed by atoms with Gasteiger partial charge in [-0.3, -0.25) is 14.4 Å². The molecule has 1 unspecified atom stereocenters. The Balaban J connectivity index is 2.30. The molecular formula is C15H10O4S. The highest BCUT2D eigenvalue weighted by molar-refractivity contribution is 7.83. The average Bonchev–Trinajstić information content (AvgIpc) is 2.44. The quantitative estimate of drug-likeness (QED) is 0.775. The van der Waals surface area contributed by atoms with Crippen molar-refractivity contribution in [1.82, 2.24) is 0 Å². The van der Waals surface area contributed by atoms with Crippen LogP contribution in [0.4, 0.5) is 0 Å². The predicted octanol–water partition coefficient (Wildman–Crippen LogP) is 2.08. The topological polar surface area (TPSA) is 71.4 Å². The summed E-state index contributed by atoms with van der Waals surface area (Å²) >= 11 is 4.18. The molecule has 0 amide bonds. The molecule has 1 aromatic rings. The van der Waals surface area contributed by atoms with E-state index >= 15 is 0 Å². The maximum absolute atomic E-state index is 12.6. The van der Waals surface area contributed by atoms with E-state index in [1.54, 1.807) is 24.3 Å². The number of ketones is 2. The summed E-state index contributed by atoms with van der Waals surface area (Å²) in [4.78, 5) is 36.5. The number of rotatable bonds is 1. The lowest BCUT2D eigenvalue weighted by molar-refractivity contribution is -0.138. The van der Waals surface area contributed by atoms with Crippen molar-refractivity contribution < 1.29 is 19.5 Å². The highest BCUT2D eigenvalue weighted by Gasteiger charge is 2.48. The van der Waals surface area contributed by atoms with Crippen LogP contribution in [-0.4, -0.2) is 27.4 Å². The number of carbonyl (C=O) groups is 3. The summed E-state index contributed by atoms with van der Waals surface area (Å²) in [6, 6.07) is 6.43. The number of carboxylic acid groups (broad SMARTS) is 1. The van der Waals surface area contributed by atoms with Gasteiger partial charge in [0.1, 0.15) is 4.75 Å². The molecule has 4 nitrogen and oxygen atoms in total. The van der Waals surface area contributed by atoms with Crippen LogP contribution in [0.5, 0.6) is 0 Å². The molecule has 0 heterocycles. The first-order valence-corrected chi connectivity index (χ1v) is 6.47. The maximum Gasteiger partial charge on any atom is 0.324 e. The van der Waals surface area contributed by atoms with Crippen molar-refractivity contribution in [1.29, 1.82) is 0 Å². The number of carbonyl (C=O) groups excluding carboxylic acids is 2. The normalized spacial score (nSPS) is 24.4. The minimum atomic E-state index is -1.65. The number of hydrogen-bond donors (Lipinski definition) is 2. The van der Waals surface area contributed by atoms with E-state index in [0.717, 1.165) is 0 Å². The molecule has 3 rings (SSSR count). The smallest absolute Gasteiger partial charge is 0.324 e. The number of fused-ring (bicyclic) bond motifs is 1. The summed E-state index contributed by atoms with van der Waals surface area (Å²) < 4.78 is -1.65. The van der Waals surface area contributed by atoms with E-state index in [4.69, 9.17) is 0 Å². The molecule has 5 heteroatoms. The molecule has 0 saturated carbocycles. The molecule has 2 aliphatic rings. The Morgan fingerprint density at radius 2 is 1.75 bits per heavy atom. The third-order valence-electron chi connectivity index (χ3n) is 3.62. The van der Waals surface area contributed by atoms with Gasteiger partial charge in [0, 0.05) is 22.3 Å². The monoisotopic (exact) mass is 286 g/mol. The molecular weight excluding hydrogens is 276 g/mol. The van der Waals surface area contributed by atoms with Crippen molar-refractivity contribution in [3.05, 3.63) is 58.7 Å². The molecule has 0 bridgehead atoms. The van der Waals surface area contributed by atoms with Gasteiger partial charge in [0.2, 0.25) is 0 Å². The molecule has 1 atom stereocenters. The second-order valence-electron chi connectivity index (χ2n) is 4.76. The zero-order chi connectivity index (χ0) is 14.5. The number of benzene rings is 1. The summed E-state index contributed by atoms with van der Waals surface area (Å²) in [7, 11) is 0. The van der Waals surface area contributed by atoms with Gasteiger partial charge in [-0.05, 0) is 6.42 Å². The van der Waals surface area contributed by atoms with Crippen molar-refractivity contribution in [2.24, 2.45) is 0 Å². The van der Waals surface area contributed by atoms with Crippen LogP contribution in [0, 0.1) is 0 Å². The zero-order valence-electron chi connectivity index (χ0n) is 10.3. The molecule has 0 saturated heterocycles. The fourth-order valence-electron chi connectivity index (χ4n) is 2.61. The van der Waals surface area contributed by atoms with Crippen molar-refractivity contribution in [2.45, 2.75) is 11.2 Å². The van der Waals surface area contributed by atoms with Crippen LogP contribution in [0.3, 0.4) is 0 Å². The average molecular weight is 286 g/mol. The number of hydrogen-bond acceptors (Lipinski definition) is 4. The van der Waals surface area contributed by atoms with Gasteiger partial charge < -0.3 is 5.11 Å². The summed E-state index contributed by atoms with van der Waals surface area (Å²) in [5.74, 6) is -1.99. The van der Waals surface area contributed by atoms with Crippen molar-refractivity contribution in [3.63, 3.8) is 0 Å². The van der Waals surface area contributed by atoms with Crippen LogP contribution >= 0.6 is 12.6 Å². The first kappa shape index (κ1) is 12.9. The Hall–Kier alpha value is -2.14. The van der Waals surface area contributed by atoms with E-state index in [9.17, 15) is 19.5 Å². The van der Waals surface area contributed by atoms with Gasteiger partial charge in [0.15, 0.2) is 11.6 Å². The Bertz CT molecular complexity index is 729. The van der Waals surface area contributed by atoms with Gasteiger partial charge in [0.05, 0.1) is 0 Å². The van der Waals surface area contributed by atoms with Gasteiger partial charge in [-0.2, -0.15) is 12.6 Å². The fraction of sp³-hybridized carbons (Fsp3) is 0.133. The van der Waals surface area contributed by atoms with Crippen LogP contribution in [0.25, 0.3) is 0 Å². The maximum atomic E-state index is 12.6. The Kier molecular flexibility index (Phi) is 2.69. The first-order valence-electron chi connectivity index (χ1n) is 6.02. The van der Waals surface area contributed by atoms with E-state index in [2.05, 4.69) is 12.6 Å². The minimum absolute atomic E-state index is 0.0282. The predicted molar refractivity (Wildman–Crippen MR) is 75.2 cm³/mol. The Morgan fingerprint density at radius 1 is 1.15 bits per heavy atom. The number of thiol groups is 1. The molecule has 0 radical (unpaired) electrons. The number of carboxylic acids is 1. The lowest BCUT2D eigenvalue weighted by Gasteiger charge is -2.32. The third-order valence-corrected chi connectivity index (χ3v) is 4.22. The minimum Gasteiger partial charge on any atom is -0.480 e. The van der Waals surface area contributed by atoms with E-state index in [1.165, 1.54) is 12.1 Å². The van der Waals surface area contributed by atoms with Gasteiger partial charge in [-0.1, -0.05) is 36.4 Å². The Morgan fingerprint density at radius 3 is 2.35 bits per heavy atom. The summed E-state index contributed by atoms with van der Waals surface area (Å²) in [5.41, 5.74) is 0.659. The van der Waals surface area contributed by atoms with Gasteiger partial charge in [0.25, 0.3) is 0 Å². The van der Waals surface area contributed by atoms with E-state index in [0.29, 0.717) is 5.56 Å². The summed E-state index contributed by atoms with van der Waals surface area (Å²) in [6.45, 7) is 0. The van der Waals surface area contributed by atoms with E-state index in [-0.39, 0.29) is 28.9 Å². The number of Topliss-reactive ketones (excluding diaryl/α,β-unsaturated/α-hetero) is 2. The second-order valence-corrected chi connectivity index (χ2v) is 5.53. The SMILES string of the molecule is O=C1C2=C(C(=O)c3ccccc31)C(S)(C(=O)O)CC=C2. The molecule has 0 aromatic heterocycles. The van der Waals surface area contributed by atoms with Crippen molar-refractivity contribution in [3.8, 4) is 0 Å². The highest BCUT2D eigenvalue weighted by atomic mass is 32.1. The van der Waals surface area contributed by atoms with Crippen LogP contribution in [-0.2, 0) is 4.79 Å². The lowest BCUT2D eigenvalue weighted by Crippen LogP contribution is -2.42. The van der Waals surface area contributed by atoms with E-state index in [1.807, 2.05) is 0 Å². The molecule has 2 aliphatic carbocycles. The molecule has 0 aliphatic heterocycles. The fourth-order valence-corrected chi connectivity index (χ4v) is 2.94. The van der Waals surface area contributed by atoms with Crippen molar-refractivity contribution >= 4 is 30.2 Å². The molecule has 0 fully saturated rings. The van der Waals surface area contributed by atoms with Crippen LogP contribution in [0.2, 0.25) is 0 Å². The first-order chi connectivity index (χ1) is 9.47. The summed E-state index contributed by atoms with van der Waals surface area (Å²) in [5, 5.41) is 9.38. The molecule has 1 aromatic carbocycles. The molecule has 100 valence electrons. The molecule has 0 spiro atoms. The third kappa shape index (κ3) is 1.53. The Labute approximate surface area is 120 Å². The van der Waals surface area contributed by atoms with Crippen LogP contribution in [0.15, 0.2) is 47.6 Å². The van der Waals surface area contributed by atoms with Crippen molar-refractivity contribution in [2.75, 3.05) is 0 Å². The van der Waals surface area contributed by atoms with Crippen LogP contribution < -0.4 is 0 Å². The van der Waals surface area contributed by atoms with Gasteiger partial charge >= 0.3 is 5.97 Å². The number of aliphatic carboxylic acids is 1. The summed E-state index contributed by atoms with van der Waals surface area (Å²) in [6.07, 6.45) is 3.16. The molecule has 20 heavy (non-hydrogen) atoms. The lowest BCUT2D eigenvalue weighted by atomic mass is 9.74. The van der Waals surface area contributed by atoms with Gasteiger partial charge in [-0.25, -0.2) is 0 Å². The zero-order valence-corrected chi connectivity index (χ0v) is 11.2. The standard InChI is InChI=1S/C15H10O4S/c16-12-8-4-1-2-5-9(8)13(17)11-10(12)6-3-7-15(11,20)14(18)19/h1-6,20H,7H2,(H,18,19). The molecule has 1 N–H and O–H groups in total. The van der Waals surface area contributed by atoms with Crippen LogP contribution in [0.1, 0.15) is 27.1 Å². The number of allylic oxidation sites excluding steroid dienone is 3. The largest absolute Gasteiger partial charge is 0.480 e. The highest BCUT2D eigenvalue weighted by Crippen LogP contribution is 2.41. The van der Waals surface area contributed by atoms with E-state index < -0.39 is 16.5 Å².